The molecule has 1 aromatic carbocycles. The summed E-state index contributed by atoms with van der Waals surface area (Å²) < 4.78 is 0. The van der Waals surface area contributed by atoms with Crippen LogP contribution in [0.1, 0.15) is 41.6 Å². The minimum atomic E-state index is 0.292. The van der Waals surface area contributed by atoms with Crippen LogP contribution in [0.4, 0.5) is 0 Å². The number of nitrogens with zero attached hydrogens (tertiary/aromatic N) is 1. The van der Waals surface area contributed by atoms with Gasteiger partial charge in [0.25, 0.3) is 0 Å². The van der Waals surface area contributed by atoms with E-state index in [-0.39, 0.29) is 0 Å². The van der Waals surface area contributed by atoms with E-state index in [0.29, 0.717) is 18.4 Å². The predicted octanol–water partition coefficient (Wildman–Crippen LogP) is 3.05. The molecule has 1 aromatic rings. The normalized spacial score (nSPS) is 19.2. The maximum absolute atomic E-state index is 12.4. The Hall–Kier alpha value is -1.15. The van der Waals surface area contributed by atoms with Gasteiger partial charge in [-0.05, 0) is 44.1 Å². The summed E-state index contributed by atoms with van der Waals surface area (Å²) in [6.45, 7) is 3.78. The summed E-state index contributed by atoms with van der Waals surface area (Å²) in [7, 11) is 0. The number of hydrogen-bond acceptors (Lipinski definition) is 2. The highest BCUT2D eigenvalue weighted by Gasteiger charge is 2.34. The van der Waals surface area contributed by atoms with Crippen LogP contribution in [0.2, 0.25) is 0 Å². The van der Waals surface area contributed by atoms with Crippen LogP contribution in [0.15, 0.2) is 24.3 Å². The molecule has 0 unspecified atom stereocenters. The molecule has 0 N–H and O–H groups in total. The molecule has 0 amide bonds. The molecule has 2 aliphatic carbocycles. The molecule has 18 heavy (non-hydrogen) atoms. The van der Waals surface area contributed by atoms with Crippen LogP contribution >= 0.6 is 0 Å². The smallest absolute Gasteiger partial charge is 0.177 e. The standard InChI is InChI=1S/C16H21NO/c1-12-4-2-3-5-15(12)16(18)11-17(14-8-9-14)10-13-6-7-13/h2-5,13-14H,6-11H2,1H3. The summed E-state index contributed by atoms with van der Waals surface area (Å²) in [5.74, 6) is 1.16. The SMILES string of the molecule is Cc1ccccc1C(=O)CN(CC1CC1)C1CC1. The van der Waals surface area contributed by atoms with Crippen molar-refractivity contribution >= 4 is 5.78 Å². The lowest BCUT2D eigenvalue weighted by atomic mass is 10.0. The first-order chi connectivity index (χ1) is 8.74. The van der Waals surface area contributed by atoms with E-state index in [0.717, 1.165) is 23.6 Å². The second-order valence-corrected chi connectivity index (χ2v) is 5.84. The average molecular weight is 243 g/mol. The maximum Gasteiger partial charge on any atom is 0.177 e. The summed E-state index contributed by atoms with van der Waals surface area (Å²) in [5, 5.41) is 0. The highest BCUT2D eigenvalue weighted by Crippen LogP contribution is 2.34. The van der Waals surface area contributed by atoms with Gasteiger partial charge in [0.1, 0.15) is 0 Å². The van der Waals surface area contributed by atoms with Crippen LogP contribution in [0.5, 0.6) is 0 Å². The van der Waals surface area contributed by atoms with E-state index < -0.39 is 0 Å². The number of hydrogen-bond donors (Lipinski definition) is 0. The average Bonchev–Trinajstić information content (AvgIpc) is 3.22. The summed E-state index contributed by atoms with van der Waals surface area (Å²) >= 11 is 0. The van der Waals surface area contributed by atoms with Gasteiger partial charge in [-0.15, -0.1) is 0 Å². The molecule has 2 saturated carbocycles. The largest absolute Gasteiger partial charge is 0.293 e. The van der Waals surface area contributed by atoms with Gasteiger partial charge in [-0.25, -0.2) is 0 Å². The third-order valence-electron chi connectivity index (χ3n) is 4.05. The van der Waals surface area contributed by atoms with Crippen molar-refractivity contribution in [1.82, 2.24) is 4.90 Å². The minimum absolute atomic E-state index is 0.292. The van der Waals surface area contributed by atoms with Gasteiger partial charge >= 0.3 is 0 Å². The highest BCUT2D eigenvalue weighted by atomic mass is 16.1. The molecular formula is C16H21NO. The van der Waals surface area contributed by atoms with Crippen molar-refractivity contribution in [3.8, 4) is 0 Å². The van der Waals surface area contributed by atoms with Crippen LogP contribution in [0.25, 0.3) is 0 Å². The number of Topliss-reactive ketones (excluding diaryl/α,β-unsaturated/α-hetero) is 1. The van der Waals surface area contributed by atoms with Gasteiger partial charge in [0, 0.05) is 18.2 Å². The van der Waals surface area contributed by atoms with Crippen molar-refractivity contribution in [2.24, 2.45) is 5.92 Å². The summed E-state index contributed by atoms with van der Waals surface area (Å²) in [4.78, 5) is 14.8. The van der Waals surface area contributed by atoms with Crippen LogP contribution in [-0.4, -0.2) is 29.8 Å². The van der Waals surface area contributed by atoms with Gasteiger partial charge in [0.15, 0.2) is 5.78 Å². The zero-order valence-corrected chi connectivity index (χ0v) is 11.1. The topological polar surface area (TPSA) is 20.3 Å². The van der Waals surface area contributed by atoms with E-state index in [1.54, 1.807) is 0 Å². The van der Waals surface area contributed by atoms with Gasteiger partial charge in [0.05, 0.1) is 6.54 Å². The molecule has 2 fully saturated rings. The zero-order chi connectivity index (χ0) is 12.5. The number of aryl methyl sites for hydroxylation is 1. The summed E-state index contributed by atoms with van der Waals surface area (Å²) in [6.07, 6.45) is 5.30. The first-order valence-electron chi connectivity index (χ1n) is 7.07. The van der Waals surface area contributed by atoms with Crippen LogP contribution in [0, 0.1) is 12.8 Å². The van der Waals surface area contributed by atoms with E-state index >= 15 is 0 Å². The van der Waals surface area contributed by atoms with E-state index in [1.807, 2.05) is 31.2 Å². The molecule has 2 heteroatoms. The van der Waals surface area contributed by atoms with Crippen molar-refractivity contribution in [3.63, 3.8) is 0 Å². The van der Waals surface area contributed by atoms with Gasteiger partial charge < -0.3 is 0 Å². The fourth-order valence-corrected chi connectivity index (χ4v) is 2.57. The highest BCUT2D eigenvalue weighted by molar-refractivity contribution is 5.98. The second-order valence-electron chi connectivity index (χ2n) is 5.84. The third-order valence-corrected chi connectivity index (χ3v) is 4.05. The van der Waals surface area contributed by atoms with Crippen LogP contribution in [-0.2, 0) is 0 Å². The number of rotatable bonds is 6. The van der Waals surface area contributed by atoms with E-state index in [1.165, 1.54) is 25.7 Å². The second kappa shape index (κ2) is 4.85. The first kappa shape index (κ1) is 11.9. The Labute approximate surface area is 109 Å². The van der Waals surface area contributed by atoms with E-state index in [9.17, 15) is 4.79 Å². The molecule has 0 aliphatic heterocycles. The third kappa shape index (κ3) is 2.81. The maximum atomic E-state index is 12.4. The molecule has 0 radical (unpaired) electrons. The number of benzene rings is 1. The lowest BCUT2D eigenvalue weighted by molar-refractivity contribution is 0.0920. The fraction of sp³-hybridized carbons (Fsp3) is 0.562. The van der Waals surface area contributed by atoms with Crippen molar-refractivity contribution in [3.05, 3.63) is 35.4 Å². The van der Waals surface area contributed by atoms with Crippen molar-refractivity contribution in [2.45, 2.75) is 38.6 Å². The molecule has 0 bridgehead atoms. The number of carbonyl (C=O) groups excluding carboxylic acids is 1. The summed E-state index contributed by atoms with van der Waals surface area (Å²) in [6, 6.07) is 8.63. The molecule has 0 spiro atoms. The van der Waals surface area contributed by atoms with E-state index in [4.69, 9.17) is 0 Å². The number of carbonyl (C=O) groups is 1. The minimum Gasteiger partial charge on any atom is -0.293 e. The predicted molar refractivity (Wildman–Crippen MR) is 72.8 cm³/mol. The Kier molecular flexibility index (Phi) is 3.21. The molecule has 3 rings (SSSR count). The molecule has 0 atom stereocenters. The van der Waals surface area contributed by atoms with Gasteiger partial charge in [0.2, 0.25) is 0 Å². The molecular weight excluding hydrogens is 222 g/mol. The molecule has 2 aliphatic rings. The Morgan fingerprint density at radius 2 is 1.94 bits per heavy atom. The quantitative estimate of drug-likeness (QED) is 0.716. The van der Waals surface area contributed by atoms with Gasteiger partial charge in [-0.1, -0.05) is 24.3 Å². The Balaban J connectivity index is 1.66. The van der Waals surface area contributed by atoms with Gasteiger partial charge in [-0.2, -0.15) is 0 Å². The van der Waals surface area contributed by atoms with Crippen molar-refractivity contribution < 1.29 is 4.79 Å². The van der Waals surface area contributed by atoms with Crippen molar-refractivity contribution in [1.29, 1.82) is 0 Å². The number of ketones is 1. The summed E-state index contributed by atoms with van der Waals surface area (Å²) in [5.41, 5.74) is 2.00. The first-order valence-corrected chi connectivity index (χ1v) is 7.07. The van der Waals surface area contributed by atoms with E-state index in [2.05, 4.69) is 4.90 Å². The Bertz CT molecular complexity index is 446. The van der Waals surface area contributed by atoms with Crippen molar-refractivity contribution in [2.75, 3.05) is 13.1 Å². The molecule has 96 valence electrons. The monoisotopic (exact) mass is 243 g/mol. The fourth-order valence-electron chi connectivity index (χ4n) is 2.57. The van der Waals surface area contributed by atoms with Crippen LogP contribution < -0.4 is 0 Å². The lowest BCUT2D eigenvalue weighted by Crippen LogP contribution is -2.34. The molecule has 2 nitrogen and oxygen atoms in total. The lowest BCUT2D eigenvalue weighted by Gasteiger charge is -2.21. The van der Waals surface area contributed by atoms with Crippen LogP contribution in [0.3, 0.4) is 0 Å². The molecule has 0 heterocycles. The Morgan fingerprint density at radius 3 is 2.56 bits per heavy atom. The molecule has 0 aromatic heterocycles. The molecule has 0 saturated heterocycles. The Morgan fingerprint density at radius 1 is 1.22 bits per heavy atom. The van der Waals surface area contributed by atoms with Gasteiger partial charge in [-0.3, -0.25) is 9.69 Å². The zero-order valence-electron chi connectivity index (χ0n) is 11.1.